The number of halogens is 3. The quantitative estimate of drug-likeness (QED) is 0.702. The molecule has 1 aromatic carbocycles. The molecule has 1 saturated heterocycles. The predicted octanol–water partition coefficient (Wildman–Crippen LogP) is 3.72. The molecule has 5 nitrogen and oxygen atoms in total. The summed E-state index contributed by atoms with van der Waals surface area (Å²) in [5.41, 5.74) is 0. The maximum Gasteiger partial charge on any atom is 0.260 e. The van der Waals surface area contributed by atoms with Crippen LogP contribution in [0.5, 0.6) is 5.75 Å². The summed E-state index contributed by atoms with van der Waals surface area (Å²) in [6.07, 6.45) is 0. The van der Waals surface area contributed by atoms with Crippen molar-refractivity contribution in [2.45, 2.75) is 19.9 Å². The van der Waals surface area contributed by atoms with E-state index in [1.54, 1.807) is 4.90 Å². The summed E-state index contributed by atoms with van der Waals surface area (Å²) < 4.78 is 5.49. The Bertz CT molecular complexity index is 668. The Balaban J connectivity index is 1.87. The smallest absolute Gasteiger partial charge is 0.260 e. The van der Waals surface area contributed by atoms with E-state index in [2.05, 4.69) is 11.0 Å². The number of hydrogen-bond acceptors (Lipinski definition) is 4. The van der Waals surface area contributed by atoms with Crippen LogP contribution in [-0.4, -0.2) is 54.5 Å². The first-order valence-electron chi connectivity index (χ1n) is 8.02. The summed E-state index contributed by atoms with van der Waals surface area (Å²) in [4.78, 5) is 16.2. The number of nitriles is 1. The van der Waals surface area contributed by atoms with E-state index in [-0.39, 0.29) is 24.5 Å². The summed E-state index contributed by atoms with van der Waals surface area (Å²) >= 11 is 17.8. The molecule has 1 aliphatic rings. The first kappa shape index (κ1) is 20.1. The average Bonchev–Trinajstić information content (AvgIpc) is 2.57. The van der Waals surface area contributed by atoms with Gasteiger partial charge in [-0.1, -0.05) is 48.7 Å². The minimum absolute atomic E-state index is 0.121. The maximum atomic E-state index is 12.3. The molecule has 0 N–H and O–H groups in total. The molecule has 0 bridgehead atoms. The van der Waals surface area contributed by atoms with Crippen LogP contribution in [0, 0.1) is 17.2 Å². The highest BCUT2D eigenvalue weighted by Gasteiger charge is 2.27. The highest BCUT2D eigenvalue weighted by atomic mass is 35.5. The van der Waals surface area contributed by atoms with Crippen LogP contribution in [-0.2, 0) is 4.79 Å². The molecule has 1 heterocycles. The Hall–Kier alpha value is -1.19. The molecule has 1 aliphatic heterocycles. The standard InChI is InChI=1S/C17H20Cl3N3O2/c1-11(2)15(9-21)22-3-5-23(6-4-22)17(24)10-25-16-8-13(19)12(18)7-14(16)20/h7-8,11,15H,3-6,10H2,1-2H3. The Kier molecular flexibility index (Phi) is 7.21. The number of ether oxygens (including phenoxy) is 1. The van der Waals surface area contributed by atoms with Gasteiger partial charge < -0.3 is 9.64 Å². The molecule has 1 amide bonds. The zero-order chi connectivity index (χ0) is 18.6. The van der Waals surface area contributed by atoms with Gasteiger partial charge in [0, 0.05) is 32.2 Å². The molecule has 2 rings (SSSR count). The van der Waals surface area contributed by atoms with E-state index in [9.17, 15) is 10.1 Å². The largest absolute Gasteiger partial charge is 0.482 e. The van der Waals surface area contributed by atoms with Crippen LogP contribution < -0.4 is 4.74 Å². The summed E-state index contributed by atoms with van der Waals surface area (Å²) in [7, 11) is 0. The molecule has 1 fully saturated rings. The highest BCUT2D eigenvalue weighted by molar-refractivity contribution is 6.43. The van der Waals surface area contributed by atoms with Gasteiger partial charge in [-0.3, -0.25) is 9.69 Å². The van der Waals surface area contributed by atoms with E-state index in [0.717, 1.165) is 0 Å². The minimum atomic E-state index is -0.125. The fourth-order valence-electron chi connectivity index (χ4n) is 2.75. The van der Waals surface area contributed by atoms with Crippen molar-refractivity contribution in [2.75, 3.05) is 32.8 Å². The second-order valence-electron chi connectivity index (χ2n) is 6.22. The van der Waals surface area contributed by atoms with Gasteiger partial charge in [-0.2, -0.15) is 5.26 Å². The van der Waals surface area contributed by atoms with Gasteiger partial charge >= 0.3 is 0 Å². The molecule has 0 aromatic heterocycles. The van der Waals surface area contributed by atoms with Crippen molar-refractivity contribution in [1.29, 1.82) is 5.26 Å². The number of hydrogen-bond donors (Lipinski definition) is 0. The van der Waals surface area contributed by atoms with E-state index in [1.165, 1.54) is 12.1 Å². The number of piperazine rings is 1. The maximum absolute atomic E-state index is 12.3. The summed E-state index contributed by atoms with van der Waals surface area (Å²) in [6.45, 7) is 6.43. The number of rotatable bonds is 5. The molecule has 1 atom stereocenters. The van der Waals surface area contributed by atoms with Gasteiger partial charge in [0.2, 0.25) is 0 Å². The molecule has 1 aromatic rings. The van der Waals surface area contributed by atoms with Crippen LogP contribution in [0.25, 0.3) is 0 Å². The summed E-state index contributed by atoms with van der Waals surface area (Å²) in [5, 5.41) is 10.2. The van der Waals surface area contributed by atoms with E-state index in [4.69, 9.17) is 39.5 Å². The average molecular weight is 405 g/mol. The molecule has 8 heteroatoms. The first-order valence-corrected chi connectivity index (χ1v) is 9.15. The second kappa shape index (κ2) is 8.95. The molecule has 0 radical (unpaired) electrons. The summed E-state index contributed by atoms with van der Waals surface area (Å²) in [6, 6.07) is 5.20. The van der Waals surface area contributed by atoms with Gasteiger partial charge in [-0.05, 0) is 12.0 Å². The Morgan fingerprint density at radius 2 is 1.76 bits per heavy atom. The number of nitrogens with zero attached hydrogens (tertiary/aromatic N) is 3. The van der Waals surface area contributed by atoms with Gasteiger partial charge in [0.25, 0.3) is 5.91 Å². The van der Waals surface area contributed by atoms with Gasteiger partial charge in [-0.25, -0.2) is 0 Å². The molecule has 0 saturated carbocycles. The third-order valence-corrected chi connectivity index (χ3v) is 5.17. The van der Waals surface area contributed by atoms with Crippen molar-refractivity contribution < 1.29 is 9.53 Å². The lowest BCUT2D eigenvalue weighted by Gasteiger charge is -2.38. The molecular formula is C17H20Cl3N3O2. The molecule has 0 spiro atoms. The van der Waals surface area contributed by atoms with Crippen LogP contribution in [0.1, 0.15) is 13.8 Å². The Labute approximate surface area is 163 Å². The van der Waals surface area contributed by atoms with E-state index in [0.29, 0.717) is 47.0 Å². The molecule has 25 heavy (non-hydrogen) atoms. The fraction of sp³-hybridized carbons (Fsp3) is 0.529. The fourth-order valence-corrected chi connectivity index (χ4v) is 3.34. The van der Waals surface area contributed by atoms with Crippen molar-refractivity contribution in [2.24, 2.45) is 5.92 Å². The number of carbonyl (C=O) groups is 1. The third-order valence-electron chi connectivity index (χ3n) is 4.15. The van der Waals surface area contributed by atoms with Crippen LogP contribution >= 0.6 is 34.8 Å². The van der Waals surface area contributed by atoms with Crippen molar-refractivity contribution in [3.63, 3.8) is 0 Å². The van der Waals surface area contributed by atoms with E-state index < -0.39 is 0 Å². The van der Waals surface area contributed by atoms with Crippen LogP contribution in [0.4, 0.5) is 0 Å². The van der Waals surface area contributed by atoms with Crippen LogP contribution in [0.15, 0.2) is 12.1 Å². The van der Waals surface area contributed by atoms with E-state index in [1.807, 2.05) is 13.8 Å². The third kappa shape index (κ3) is 5.15. The van der Waals surface area contributed by atoms with Crippen LogP contribution in [0.3, 0.4) is 0 Å². The Morgan fingerprint density at radius 3 is 2.32 bits per heavy atom. The normalized spacial score (nSPS) is 16.6. The zero-order valence-electron chi connectivity index (χ0n) is 14.1. The van der Waals surface area contributed by atoms with Gasteiger partial charge in [0.1, 0.15) is 11.8 Å². The van der Waals surface area contributed by atoms with Gasteiger partial charge in [-0.15, -0.1) is 0 Å². The summed E-state index contributed by atoms with van der Waals surface area (Å²) in [5.74, 6) is 0.458. The number of benzene rings is 1. The lowest BCUT2D eigenvalue weighted by atomic mass is 10.0. The van der Waals surface area contributed by atoms with Crippen molar-refractivity contribution in [3.05, 3.63) is 27.2 Å². The Morgan fingerprint density at radius 1 is 1.16 bits per heavy atom. The second-order valence-corrected chi connectivity index (χ2v) is 7.44. The number of carbonyl (C=O) groups excluding carboxylic acids is 1. The predicted molar refractivity (Wildman–Crippen MR) is 99.4 cm³/mol. The topological polar surface area (TPSA) is 56.6 Å². The molecule has 0 aliphatic carbocycles. The van der Waals surface area contributed by atoms with Gasteiger partial charge in [0.15, 0.2) is 6.61 Å². The van der Waals surface area contributed by atoms with Crippen molar-refractivity contribution >= 4 is 40.7 Å². The monoisotopic (exact) mass is 403 g/mol. The number of amides is 1. The van der Waals surface area contributed by atoms with Crippen LogP contribution in [0.2, 0.25) is 15.1 Å². The van der Waals surface area contributed by atoms with E-state index >= 15 is 0 Å². The molecule has 136 valence electrons. The minimum Gasteiger partial charge on any atom is -0.482 e. The lowest BCUT2D eigenvalue weighted by molar-refractivity contribution is -0.135. The highest BCUT2D eigenvalue weighted by Crippen LogP contribution is 2.33. The first-order chi connectivity index (χ1) is 11.8. The molecule has 1 unspecified atom stereocenters. The van der Waals surface area contributed by atoms with Crippen molar-refractivity contribution in [3.8, 4) is 11.8 Å². The SMILES string of the molecule is CC(C)C(C#N)N1CCN(C(=O)COc2cc(Cl)c(Cl)cc2Cl)CC1. The van der Waals surface area contributed by atoms with Gasteiger partial charge in [0.05, 0.1) is 21.1 Å². The molecular weight excluding hydrogens is 385 g/mol. The lowest BCUT2D eigenvalue weighted by Crippen LogP contribution is -2.53. The van der Waals surface area contributed by atoms with Crippen molar-refractivity contribution in [1.82, 2.24) is 9.80 Å². The zero-order valence-corrected chi connectivity index (χ0v) is 16.4.